The van der Waals surface area contributed by atoms with Crippen LogP contribution in [0.25, 0.3) is 0 Å². The number of rotatable bonds is 5. The van der Waals surface area contributed by atoms with Crippen molar-refractivity contribution in [3.63, 3.8) is 0 Å². The van der Waals surface area contributed by atoms with Crippen molar-refractivity contribution in [2.75, 3.05) is 16.8 Å². The van der Waals surface area contributed by atoms with Crippen molar-refractivity contribution in [3.05, 3.63) is 58.7 Å². The summed E-state index contributed by atoms with van der Waals surface area (Å²) < 4.78 is 0. The fraction of sp³-hybridized carbons (Fsp3) is 0.333. The molecule has 2 aromatic carbocycles. The monoisotopic (exact) mass is 338 g/mol. The van der Waals surface area contributed by atoms with Gasteiger partial charge in [0.05, 0.1) is 5.69 Å². The molecule has 2 rings (SSSR count). The quantitative estimate of drug-likeness (QED) is 0.889. The molecule has 0 spiro atoms. The van der Waals surface area contributed by atoms with Gasteiger partial charge in [0.1, 0.15) is 6.54 Å². The van der Waals surface area contributed by atoms with Crippen molar-refractivity contribution in [3.8, 4) is 0 Å². The van der Waals surface area contributed by atoms with Gasteiger partial charge in [0, 0.05) is 12.6 Å². The molecule has 0 aliphatic heterocycles. The number of carbonyl (C=O) groups excluding carboxylic acids is 2. The third kappa shape index (κ3) is 4.69. The Morgan fingerprint density at radius 2 is 1.56 bits per heavy atom. The van der Waals surface area contributed by atoms with Crippen LogP contribution < -0.4 is 10.2 Å². The number of hydrogen-bond acceptors (Lipinski definition) is 2. The van der Waals surface area contributed by atoms with Crippen molar-refractivity contribution in [1.82, 2.24) is 0 Å². The van der Waals surface area contributed by atoms with E-state index in [4.69, 9.17) is 0 Å². The van der Waals surface area contributed by atoms with Crippen LogP contribution >= 0.6 is 0 Å². The van der Waals surface area contributed by atoms with E-state index >= 15 is 0 Å². The first-order valence-electron chi connectivity index (χ1n) is 8.56. The molecule has 0 fully saturated rings. The van der Waals surface area contributed by atoms with Crippen LogP contribution in [0.15, 0.2) is 36.4 Å². The van der Waals surface area contributed by atoms with E-state index in [-0.39, 0.29) is 18.4 Å². The minimum absolute atomic E-state index is 0.00436. The van der Waals surface area contributed by atoms with Crippen molar-refractivity contribution in [2.45, 2.75) is 41.0 Å². The van der Waals surface area contributed by atoms with Crippen LogP contribution in [0.3, 0.4) is 0 Å². The lowest BCUT2D eigenvalue weighted by Crippen LogP contribution is -2.37. The van der Waals surface area contributed by atoms with Gasteiger partial charge < -0.3 is 10.2 Å². The van der Waals surface area contributed by atoms with Crippen molar-refractivity contribution < 1.29 is 9.59 Å². The topological polar surface area (TPSA) is 49.4 Å². The van der Waals surface area contributed by atoms with E-state index in [2.05, 4.69) is 12.2 Å². The molecule has 132 valence electrons. The lowest BCUT2D eigenvalue weighted by atomic mass is 10.0. The molecular weight excluding hydrogens is 312 g/mol. The molecule has 2 aromatic rings. The summed E-state index contributed by atoms with van der Waals surface area (Å²) in [6, 6.07) is 11.8. The Morgan fingerprint density at radius 3 is 2.04 bits per heavy atom. The van der Waals surface area contributed by atoms with Crippen molar-refractivity contribution in [2.24, 2.45) is 0 Å². The van der Waals surface area contributed by atoms with Crippen LogP contribution in [0, 0.1) is 20.8 Å². The molecular formula is C21H26N2O2. The summed E-state index contributed by atoms with van der Waals surface area (Å²) in [7, 11) is 0. The Morgan fingerprint density at radius 1 is 1.00 bits per heavy atom. The third-order valence-corrected chi connectivity index (χ3v) is 4.23. The van der Waals surface area contributed by atoms with Gasteiger partial charge in [-0.25, -0.2) is 0 Å². The second kappa shape index (κ2) is 7.97. The van der Waals surface area contributed by atoms with Gasteiger partial charge in [0.15, 0.2) is 0 Å². The number of hydrogen-bond donors (Lipinski definition) is 1. The fourth-order valence-electron chi connectivity index (χ4n) is 3.11. The zero-order chi connectivity index (χ0) is 18.6. The van der Waals surface area contributed by atoms with Gasteiger partial charge in [0.25, 0.3) is 0 Å². The highest BCUT2D eigenvalue weighted by Crippen LogP contribution is 2.26. The van der Waals surface area contributed by atoms with Gasteiger partial charge in [-0.2, -0.15) is 0 Å². The van der Waals surface area contributed by atoms with E-state index in [9.17, 15) is 9.59 Å². The number of anilines is 2. The van der Waals surface area contributed by atoms with Gasteiger partial charge in [-0.15, -0.1) is 0 Å². The standard InChI is InChI=1S/C21H26N2O2/c1-6-18-7-9-19(10-8-18)22-20(25)13-23(17(5)24)21-15(3)11-14(2)12-16(21)4/h7-12H,6,13H2,1-5H3,(H,22,25). The largest absolute Gasteiger partial charge is 0.325 e. The van der Waals surface area contributed by atoms with E-state index in [1.54, 1.807) is 4.90 Å². The van der Waals surface area contributed by atoms with E-state index < -0.39 is 0 Å². The number of nitrogens with zero attached hydrogens (tertiary/aromatic N) is 1. The molecule has 1 N–H and O–H groups in total. The molecule has 4 heteroatoms. The van der Waals surface area contributed by atoms with Crippen LogP contribution in [-0.2, 0) is 16.0 Å². The second-order valence-electron chi connectivity index (χ2n) is 6.45. The van der Waals surface area contributed by atoms with Crippen LogP contribution in [0.2, 0.25) is 0 Å². The minimum Gasteiger partial charge on any atom is -0.325 e. The molecule has 0 saturated carbocycles. The van der Waals surface area contributed by atoms with E-state index in [0.717, 1.165) is 34.5 Å². The van der Waals surface area contributed by atoms with E-state index in [1.807, 2.05) is 57.2 Å². The fourth-order valence-corrected chi connectivity index (χ4v) is 3.11. The first kappa shape index (κ1) is 18.7. The highest BCUT2D eigenvalue weighted by atomic mass is 16.2. The summed E-state index contributed by atoms with van der Waals surface area (Å²) in [5.74, 6) is -0.356. The van der Waals surface area contributed by atoms with Crippen molar-refractivity contribution >= 4 is 23.2 Å². The van der Waals surface area contributed by atoms with Crippen LogP contribution in [0.1, 0.15) is 36.1 Å². The molecule has 0 atom stereocenters. The number of benzene rings is 2. The van der Waals surface area contributed by atoms with Gasteiger partial charge in [-0.05, 0) is 56.0 Å². The summed E-state index contributed by atoms with van der Waals surface area (Å²) in [6.07, 6.45) is 0.957. The Balaban J connectivity index is 2.19. The summed E-state index contributed by atoms with van der Waals surface area (Å²) in [6.45, 7) is 9.52. The molecule has 0 aromatic heterocycles. The highest BCUT2D eigenvalue weighted by Gasteiger charge is 2.19. The van der Waals surface area contributed by atoms with E-state index in [1.165, 1.54) is 12.5 Å². The average Bonchev–Trinajstić information content (AvgIpc) is 2.53. The molecule has 0 aliphatic rings. The van der Waals surface area contributed by atoms with Crippen LogP contribution in [-0.4, -0.2) is 18.4 Å². The molecule has 0 bridgehead atoms. The maximum Gasteiger partial charge on any atom is 0.244 e. The summed E-state index contributed by atoms with van der Waals surface area (Å²) in [5, 5.41) is 2.87. The maximum atomic E-state index is 12.4. The minimum atomic E-state index is -0.209. The smallest absolute Gasteiger partial charge is 0.244 e. The van der Waals surface area contributed by atoms with Gasteiger partial charge >= 0.3 is 0 Å². The third-order valence-electron chi connectivity index (χ3n) is 4.23. The zero-order valence-corrected chi connectivity index (χ0v) is 15.6. The molecule has 0 unspecified atom stereocenters. The second-order valence-corrected chi connectivity index (χ2v) is 6.45. The molecule has 0 heterocycles. The summed E-state index contributed by atoms with van der Waals surface area (Å²) in [5.41, 5.74) is 5.90. The van der Waals surface area contributed by atoms with Crippen LogP contribution in [0.4, 0.5) is 11.4 Å². The van der Waals surface area contributed by atoms with Crippen LogP contribution in [0.5, 0.6) is 0 Å². The highest BCUT2D eigenvalue weighted by molar-refractivity contribution is 6.02. The number of amides is 2. The molecule has 0 saturated heterocycles. The normalized spacial score (nSPS) is 10.4. The van der Waals surface area contributed by atoms with E-state index in [0.29, 0.717) is 0 Å². The Hall–Kier alpha value is -2.62. The van der Waals surface area contributed by atoms with Gasteiger partial charge in [0.2, 0.25) is 11.8 Å². The first-order chi connectivity index (χ1) is 11.8. The average molecular weight is 338 g/mol. The zero-order valence-electron chi connectivity index (χ0n) is 15.6. The number of aryl methyl sites for hydroxylation is 4. The van der Waals surface area contributed by atoms with Crippen molar-refractivity contribution in [1.29, 1.82) is 0 Å². The lowest BCUT2D eigenvalue weighted by molar-refractivity contribution is -0.120. The molecule has 2 amide bonds. The SMILES string of the molecule is CCc1ccc(NC(=O)CN(C(C)=O)c2c(C)cc(C)cc2C)cc1. The maximum absolute atomic E-state index is 12.4. The molecule has 4 nitrogen and oxygen atoms in total. The van der Waals surface area contributed by atoms with Gasteiger partial charge in [-0.3, -0.25) is 9.59 Å². The molecule has 0 aliphatic carbocycles. The first-order valence-corrected chi connectivity index (χ1v) is 8.56. The number of nitrogens with one attached hydrogen (secondary N) is 1. The predicted octanol–water partition coefficient (Wildman–Crippen LogP) is 4.17. The van der Waals surface area contributed by atoms with Gasteiger partial charge in [-0.1, -0.05) is 36.8 Å². The Bertz CT molecular complexity index is 756. The summed E-state index contributed by atoms with van der Waals surface area (Å²) in [4.78, 5) is 26.1. The lowest BCUT2D eigenvalue weighted by Gasteiger charge is -2.25. The predicted molar refractivity (Wildman–Crippen MR) is 103 cm³/mol. The summed E-state index contributed by atoms with van der Waals surface area (Å²) >= 11 is 0. The number of carbonyl (C=O) groups is 2. The Labute approximate surface area is 149 Å². The molecule has 25 heavy (non-hydrogen) atoms. The molecule has 0 radical (unpaired) electrons. The Kier molecular flexibility index (Phi) is 5.97.